The molecule has 0 saturated carbocycles. The number of fused-ring (bicyclic) bond motifs is 1. The van der Waals surface area contributed by atoms with Crippen LogP contribution in [0, 0.1) is 0 Å². The van der Waals surface area contributed by atoms with Crippen LogP contribution >= 0.6 is 11.6 Å². The van der Waals surface area contributed by atoms with Gasteiger partial charge in [-0.2, -0.15) is 0 Å². The van der Waals surface area contributed by atoms with E-state index >= 15 is 0 Å². The number of rotatable bonds is 6. The number of methoxy groups -OCH3 is 1. The Balaban J connectivity index is 1.99. The summed E-state index contributed by atoms with van der Waals surface area (Å²) in [6, 6.07) is 16.0. The smallest absolute Gasteiger partial charge is 0.140 e. The van der Waals surface area contributed by atoms with Crippen molar-refractivity contribution in [2.45, 2.75) is 6.54 Å². The predicted octanol–water partition coefficient (Wildman–Crippen LogP) is 3.94. The van der Waals surface area contributed by atoms with Gasteiger partial charge in [0.15, 0.2) is 0 Å². The molecule has 2 aromatic carbocycles. The standard InChI is InChI=1S/C18H18ClN3O/c1-23-10-9-22(12-14-5-3-2-4-6-14)18-16-8-7-15(19)11-17(16)20-13-21-18/h2-8,11,13H,9-10,12H2,1H3. The Kier molecular flexibility index (Phi) is 5.05. The van der Waals surface area contributed by atoms with Crippen LogP contribution in [0.5, 0.6) is 0 Å². The quantitative estimate of drug-likeness (QED) is 0.687. The van der Waals surface area contributed by atoms with Gasteiger partial charge in [-0.25, -0.2) is 9.97 Å². The first-order valence-electron chi connectivity index (χ1n) is 7.46. The zero-order chi connectivity index (χ0) is 16.1. The van der Waals surface area contributed by atoms with E-state index in [2.05, 4.69) is 27.0 Å². The van der Waals surface area contributed by atoms with Crippen molar-refractivity contribution in [1.82, 2.24) is 9.97 Å². The number of ether oxygens (including phenoxy) is 1. The van der Waals surface area contributed by atoms with Gasteiger partial charge in [0.1, 0.15) is 12.1 Å². The van der Waals surface area contributed by atoms with Gasteiger partial charge in [0.25, 0.3) is 0 Å². The molecule has 4 nitrogen and oxygen atoms in total. The minimum Gasteiger partial charge on any atom is -0.383 e. The van der Waals surface area contributed by atoms with Crippen molar-refractivity contribution in [1.29, 1.82) is 0 Å². The van der Waals surface area contributed by atoms with E-state index < -0.39 is 0 Å². The van der Waals surface area contributed by atoms with Crippen LogP contribution in [0.2, 0.25) is 5.02 Å². The second-order valence-corrected chi connectivity index (χ2v) is 5.70. The van der Waals surface area contributed by atoms with Gasteiger partial charge in [0.05, 0.1) is 12.1 Å². The van der Waals surface area contributed by atoms with E-state index in [1.807, 2.05) is 36.4 Å². The zero-order valence-electron chi connectivity index (χ0n) is 12.9. The molecule has 3 rings (SSSR count). The molecule has 0 spiro atoms. The second kappa shape index (κ2) is 7.40. The summed E-state index contributed by atoms with van der Waals surface area (Å²) in [4.78, 5) is 11.0. The molecule has 0 aliphatic carbocycles. The third-order valence-electron chi connectivity index (χ3n) is 3.66. The molecule has 1 aromatic heterocycles. The molecule has 0 saturated heterocycles. The molecular formula is C18H18ClN3O. The van der Waals surface area contributed by atoms with Crippen LogP contribution in [0.1, 0.15) is 5.56 Å². The van der Waals surface area contributed by atoms with E-state index in [-0.39, 0.29) is 0 Å². The molecule has 3 aromatic rings. The molecule has 0 unspecified atom stereocenters. The van der Waals surface area contributed by atoms with Crippen molar-refractivity contribution in [3.8, 4) is 0 Å². The number of aromatic nitrogens is 2. The van der Waals surface area contributed by atoms with Crippen LogP contribution in [0.15, 0.2) is 54.9 Å². The molecule has 0 aliphatic heterocycles. The SMILES string of the molecule is COCCN(Cc1ccccc1)c1ncnc2cc(Cl)ccc12. The van der Waals surface area contributed by atoms with Gasteiger partial charge >= 0.3 is 0 Å². The molecular weight excluding hydrogens is 310 g/mol. The van der Waals surface area contributed by atoms with Crippen molar-refractivity contribution in [3.63, 3.8) is 0 Å². The summed E-state index contributed by atoms with van der Waals surface area (Å²) in [6.45, 7) is 2.14. The van der Waals surface area contributed by atoms with Crippen LogP contribution in [-0.2, 0) is 11.3 Å². The Morgan fingerprint density at radius 1 is 1.09 bits per heavy atom. The van der Waals surface area contributed by atoms with Gasteiger partial charge in [-0.15, -0.1) is 0 Å². The fourth-order valence-electron chi connectivity index (χ4n) is 2.53. The highest BCUT2D eigenvalue weighted by Crippen LogP contribution is 2.26. The summed E-state index contributed by atoms with van der Waals surface area (Å²) in [7, 11) is 1.71. The largest absolute Gasteiger partial charge is 0.383 e. The van der Waals surface area contributed by atoms with Gasteiger partial charge < -0.3 is 9.64 Å². The topological polar surface area (TPSA) is 38.2 Å². The van der Waals surface area contributed by atoms with E-state index in [1.54, 1.807) is 13.4 Å². The van der Waals surface area contributed by atoms with E-state index in [9.17, 15) is 0 Å². The molecule has 0 fully saturated rings. The lowest BCUT2D eigenvalue weighted by molar-refractivity contribution is 0.205. The fourth-order valence-corrected chi connectivity index (χ4v) is 2.70. The third kappa shape index (κ3) is 3.78. The highest BCUT2D eigenvalue weighted by molar-refractivity contribution is 6.31. The lowest BCUT2D eigenvalue weighted by Gasteiger charge is -2.24. The average molecular weight is 328 g/mol. The Morgan fingerprint density at radius 2 is 1.91 bits per heavy atom. The minimum atomic E-state index is 0.631. The van der Waals surface area contributed by atoms with E-state index in [0.29, 0.717) is 11.6 Å². The lowest BCUT2D eigenvalue weighted by Crippen LogP contribution is -2.27. The normalized spacial score (nSPS) is 10.9. The molecule has 0 aliphatic rings. The van der Waals surface area contributed by atoms with Gasteiger partial charge in [-0.3, -0.25) is 0 Å². The molecule has 0 N–H and O–H groups in total. The maximum Gasteiger partial charge on any atom is 0.140 e. The highest BCUT2D eigenvalue weighted by Gasteiger charge is 2.13. The predicted molar refractivity (Wildman–Crippen MR) is 93.9 cm³/mol. The Hall–Kier alpha value is -2.17. The van der Waals surface area contributed by atoms with Gasteiger partial charge in [0, 0.05) is 30.6 Å². The van der Waals surface area contributed by atoms with Crippen LogP contribution in [-0.4, -0.2) is 30.2 Å². The molecule has 23 heavy (non-hydrogen) atoms. The number of hydrogen-bond donors (Lipinski definition) is 0. The Bertz CT molecular complexity index is 780. The van der Waals surface area contributed by atoms with Crippen molar-refractivity contribution in [2.75, 3.05) is 25.2 Å². The van der Waals surface area contributed by atoms with Gasteiger partial charge in [-0.05, 0) is 23.8 Å². The molecule has 1 heterocycles. The van der Waals surface area contributed by atoms with Crippen molar-refractivity contribution < 1.29 is 4.74 Å². The number of anilines is 1. The van der Waals surface area contributed by atoms with Crippen molar-refractivity contribution in [2.24, 2.45) is 0 Å². The summed E-state index contributed by atoms with van der Waals surface area (Å²) < 4.78 is 5.26. The third-order valence-corrected chi connectivity index (χ3v) is 3.89. The first kappa shape index (κ1) is 15.7. The number of halogens is 1. The summed E-state index contributed by atoms with van der Waals surface area (Å²) in [5, 5.41) is 1.66. The lowest BCUT2D eigenvalue weighted by atomic mass is 10.2. The Labute approximate surface area is 140 Å². The monoisotopic (exact) mass is 327 g/mol. The number of benzene rings is 2. The molecule has 0 atom stereocenters. The van der Waals surface area contributed by atoms with E-state index in [0.717, 1.165) is 29.8 Å². The van der Waals surface area contributed by atoms with Gasteiger partial charge in [0.2, 0.25) is 0 Å². The molecule has 5 heteroatoms. The first-order chi connectivity index (χ1) is 11.3. The Morgan fingerprint density at radius 3 is 2.70 bits per heavy atom. The highest BCUT2D eigenvalue weighted by atomic mass is 35.5. The summed E-state index contributed by atoms with van der Waals surface area (Å²) >= 11 is 6.07. The number of hydrogen-bond acceptors (Lipinski definition) is 4. The number of nitrogens with zero attached hydrogens (tertiary/aromatic N) is 3. The minimum absolute atomic E-state index is 0.631. The van der Waals surface area contributed by atoms with Gasteiger partial charge in [-0.1, -0.05) is 41.9 Å². The van der Waals surface area contributed by atoms with Crippen LogP contribution in [0.4, 0.5) is 5.82 Å². The molecule has 0 radical (unpaired) electrons. The first-order valence-corrected chi connectivity index (χ1v) is 7.84. The molecule has 0 bridgehead atoms. The van der Waals surface area contributed by atoms with E-state index in [4.69, 9.17) is 16.3 Å². The van der Waals surface area contributed by atoms with Crippen molar-refractivity contribution in [3.05, 3.63) is 65.4 Å². The zero-order valence-corrected chi connectivity index (χ0v) is 13.7. The van der Waals surface area contributed by atoms with E-state index in [1.165, 1.54) is 5.56 Å². The summed E-state index contributed by atoms with van der Waals surface area (Å²) in [5.41, 5.74) is 2.07. The molecule has 118 valence electrons. The summed E-state index contributed by atoms with van der Waals surface area (Å²) in [5.74, 6) is 0.896. The average Bonchev–Trinajstić information content (AvgIpc) is 2.58. The second-order valence-electron chi connectivity index (χ2n) is 5.26. The van der Waals surface area contributed by atoms with Crippen LogP contribution < -0.4 is 4.90 Å². The van der Waals surface area contributed by atoms with Crippen LogP contribution in [0.3, 0.4) is 0 Å². The maximum atomic E-state index is 6.07. The fraction of sp³-hybridized carbons (Fsp3) is 0.222. The summed E-state index contributed by atoms with van der Waals surface area (Å²) in [6.07, 6.45) is 1.58. The van der Waals surface area contributed by atoms with Crippen molar-refractivity contribution >= 4 is 28.3 Å². The molecule has 0 amide bonds. The maximum absolute atomic E-state index is 6.07. The van der Waals surface area contributed by atoms with Crippen LogP contribution in [0.25, 0.3) is 10.9 Å².